The molecule has 0 spiro atoms. The van der Waals surface area contributed by atoms with Crippen molar-refractivity contribution >= 4 is 46.0 Å². The van der Waals surface area contributed by atoms with Crippen LogP contribution in [0.3, 0.4) is 0 Å². The normalized spacial score (nSPS) is 13.6. The summed E-state index contributed by atoms with van der Waals surface area (Å²) in [6.07, 6.45) is 1.48. The maximum absolute atomic E-state index is 12.0. The van der Waals surface area contributed by atoms with Crippen LogP contribution in [0, 0.1) is 0 Å². The molecule has 7 heteroatoms. The molecule has 1 fully saturated rings. The fourth-order valence-corrected chi connectivity index (χ4v) is 3.43. The van der Waals surface area contributed by atoms with E-state index in [-0.39, 0.29) is 10.7 Å². The van der Waals surface area contributed by atoms with Crippen LogP contribution in [0.1, 0.15) is 11.1 Å². The Morgan fingerprint density at radius 3 is 2.43 bits per heavy atom. The van der Waals surface area contributed by atoms with Crippen molar-refractivity contribution in [3.05, 3.63) is 77.4 Å². The fraction of sp³-hybridized carbons (Fsp3) is 0.0870. The standard InChI is InChI=1S/C23H18N2O4S/c1-28-20-12-14(11-18-21(26)24-23(30)25-22(18)27)9-10-19(20)29-13-16-7-4-6-15-5-2-3-8-17(15)16/h2-12H,13H2,1H3,(H2,24,25,26,27,30). The van der Waals surface area contributed by atoms with Gasteiger partial charge in [0.25, 0.3) is 11.8 Å². The number of methoxy groups -OCH3 is 1. The van der Waals surface area contributed by atoms with Crippen LogP contribution < -0.4 is 20.1 Å². The van der Waals surface area contributed by atoms with Gasteiger partial charge in [-0.05, 0) is 52.3 Å². The number of amides is 2. The molecule has 3 aromatic carbocycles. The van der Waals surface area contributed by atoms with Gasteiger partial charge >= 0.3 is 0 Å². The first-order valence-electron chi connectivity index (χ1n) is 9.21. The summed E-state index contributed by atoms with van der Waals surface area (Å²) in [7, 11) is 1.54. The van der Waals surface area contributed by atoms with Crippen molar-refractivity contribution in [1.29, 1.82) is 0 Å². The van der Waals surface area contributed by atoms with E-state index in [0.29, 0.717) is 23.7 Å². The SMILES string of the molecule is COc1cc(C=C2C(=O)NC(=S)NC2=O)ccc1OCc1cccc2ccccc12. The van der Waals surface area contributed by atoms with Gasteiger partial charge in [0.1, 0.15) is 12.2 Å². The highest BCUT2D eigenvalue weighted by Gasteiger charge is 2.25. The Morgan fingerprint density at radius 1 is 0.933 bits per heavy atom. The van der Waals surface area contributed by atoms with E-state index in [4.69, 9.17) is 21.7 Å². The molecule has 0 radical (unpaired) electrons. The lowest BCUT2D eigenvalue weighted by Gasteiger charge is -2.16. The van der Waals surface area contributed by atoms with Gasteiger partial charge in [0.15, 0.2) is 16.6 Å². The first kappa shape index (κ1) is 19.6. The molecule has 2 N–H and O–H groups in total. The van der Waals surface area contributed by atoms with Crippen LogP contribution >= 0.6 is 12.2 Å². The molecule has 0 unspecified atom stereocenters. The van der Waals surface area contributed by atoms with E-state index >= 15 is 0 Å². The van der Waals surface area contributed by atoms with E-state index < -0.39 is 11.8 Å². The summed E-state index contributed by atoms with van der Waals surface area (Å²) in [5, 5.41) is 7.10. The van der Waals surface area contributed by atoms with Crippen LogP contribution in [0.4, 0.5) is 0 Å². The number of fused-ring (bicyclic) bond motifs is 1. The monoisotopic (exact) mass is 418 g/mol. The summed E-state index contributed by atoms with van der Waals surface area (Å²) < 4.78 is 11.4. The average Bonchev–Trinajstić information content (AvgIpc) is 2.75. The molecule has 1 saturated heterocycles. The Kier molecular flexibility index (Phi) is 5.45. The van der Waals surface area contributed by atoms with Crippen molar-refractivity contribution < 1.29 is 19.1 Å². The number of carbonyl (C=O) groups is 2. The molecule has 0 aromatic heterocycles. The molecule has 30 heavy (non-hydrogen) atoms. The number of carbonyl (C=O) groups excluding carboxylic acids is 2. The van der Waals surface area contributed by atoms with E-state index in [1.165, 1.54) is 13.2 Å². The molecule has 4 rings (SSSR count). The second-order valence-electron chi connectivity index (χ2n) is 6.63. The Labute approximate surface area is 178 Å². The Morgan fingerprint density at radius 2 is 1.67 bits per heavy atom. The maximum atomic E-state index is 12.0. The largest absolute Gasteiger partial charge is 0.493 e. The summed E-state index contributed by atoms with van der Waals surface area (Å²) in [4.78, 5) is 24.0. The van der Waals surface area contributed by atoms with Crippen LogP contribution in [0.25, 0.3) is 16.8 Å². The molecule has 150 valence electrons. The second kappa shape index (κ2) is 8.34. The summed E-state index contributed by atoms with van der Waals surface area (Å²) in [5.74, 6) is -0.0268. The number of ether oxygens (including phenoxy) is 2. The topological polar surface area (TPSA) is 76.7 Å². The van der Waals surface area contributed by atoms with Crippen LogP contribution in [-0.2, 0) is 16.2 Å². The molecule has 0 atom stereocenters. The molecule has 1 aliphatic rings. The van der Waals surface area contributed by atoms with Gasteiger partial charge in [0.2, 0.25) is 0 Å². The molecule has 0 bridgehead atoms. The van der Waals surface area contributed by atoms with E-state index in [2.05, 4.69) is 28.8 Å². The van der Waals surface area contributed by atoms with Crippen LogP contribution in [0.2, 0.25) is 0 Å². The molecule has 1 heterocycles. The summed E-state index contributed by atoms with van der Waals surface area (Å²) in [6.45, 7) is 0.375. The van der Waals surface area contributed by atoms with Gasteiger partial charge in [-0.1, -0.05) is 48.5 Å². The zero-order chi connectivity index (χ0) is 21.1. The maximum Gasteiger partial charge on any atom is 0.263 e. The van der Waals surface area contributed by atoms with Crippen molar-refractivity contribution in [3.8, 4) is 11.5 Å². The van der Waals surface area contributed by atoms with Gasteiger partial charge in [-0.3, -0.25) is 20.2 Å². The van der Waals surface area contributed by atoms with Crippen LogP contribution in [0.15, 0.2) is 66.2 Å². The van der Waals surface area contributed by atoms with Gasteiger partial charge in [-0.2, -0.15) is 0 Å². The molecule has 0 aliphatic carbocycles. The van der Waals surface area contributed by atoms with Crippen molar-refractivity contribution in [3.63, 3.8) is 0 Å². The minimum absolute atomic E-state index is 0.00286. The molecular weight excluding hydrogens is 400 g/mol. The predicted molar refractivity (Wildman–Crippen MR) is 118 cm³/mol. The molecule has 3 aromatic rings. The number of rotatable bonds is 5. The number of hydrogen-bond acceptors (Lipinski definition) is 5. The Bertz CT molecular complexity index is 1180. The third kappa shape index (κ3) is 4.01. The van der Waals surface area contributed by atoms with E-state index in [1.54, 1.807) is 18.2 Å². The Hall–Kier alpha value is -3.71. The number of nitrogens with one attached hydrogen (secondary N) is 2. The van der Waals surface area contributed by atoms with Gasteiger partial charge in [-0.25, -0.2) is 0 Å². The average molecular weight is 418 g/mol. The summed E-state index contributed by atoms with van der Waals surface area (Å²) in [6, 6.07) is 19.4. The van der Waals surface area contributed by atoms with Gasteiger partial charge < -0.3 is 9.47 Å². The minimum Gasteiger partial charge on any atom is -0.493 e. The summed E-state index contributed by atoms with van der Waals surface area (Å²) in [5.41, 5.74) is 1.65. The van der Waals surface area contributed by atoms with Crippen molar-refractivity contribution in [1.82, 2.24) is 10.6 Å². The zero-order valence-electron chi connectivity index (χ0n) is 16.1. The zero-order valence-corrected chi connectivity index (χ0v) is 16.9. The van der Waals surface area contributed by atoms with E-state index in [1.807, 2.05) is 24.3 Å². The Balaban J connectivity index is 1.57. The van der Waals surface area contributed by atoms with Crippen molar-refractivity contribution in [2.45, 2.75) is 6.61 Å². The van der Waals surface area contributed by atoms with E-state index in [9.17, 15) is 9.59 Å². The van der Waals surface area contributed by atoms with Crippen LogP contribution in [0.5, 0.6) is 11.5 Å². The highest BCUT2D eigenvalue weighted by atomic mass is 32.1. The van der Waals surface area contributed by atoms with Crippen molar-refractivity contribution in [2.24, 2.45) is 0 Å². The minimum atomic E-state index is -0.543. The number of benzene rings is 3. The summed E-state index contributed by atoms with van der Waals surface area (Å²) >= 11 is 4.81. The third-order valence-electron chi connectivity index (χ3n) is 4.71. The van der Waals surface area contributed by atoms with Crippen LogP contribution in [-0.4, -0.2) is 24.0 Å². The van der Waals surface area contributed by atoms with Gasteiger partial charge in [0.05, 0.1) is 7.11 Å². The first-order valence-corrected chi connectivity index (χ1v) is 9.62. The molecular formula is C23H18N2O4S. The lowest BCUT2D eigenvalue weighted by Crippen LogP contribution is -2.51. The third-order valence-corrected chi connectivity index (χ3v) is 4.91. The van der Waals surface area contributed by atoms with E-state index in [0.717, 1.165) is 16.3 Å². The molecule has 1 aliphatic heterocycles. The second-order valence-corrected chi connectivity index (χ2v) is 7.04. The quantitative estimate of drug-likeness (QED) is 0.378. The van der Waals surface area contributed by atoms with Crippen molar-refractivity contribution in [2.75, 3.05) is 7.11 Å². The lowest BCUT2D eigenvalue weighted by atomic mass is 10.1. The highest BCUT2D eigenvalue weighted by Crippen LogP contribution is 2.30. The number of thiocarbonyl (C=S) groups is 1. The predicted octanol–water partition coefficient (Wildman–Crippen LogP) is 3.34. The van der Waals surface area contributed by atoms with Gasteiger partial charge in [-0.15, -0.1) is 0 Å². The number of hydrogen-bond donors (Lipinski definition) is 2. The smallest absolute Gasteiger partial charge is 0.263 e. The fourth-order valence-electron chi connectivity index (χ4n) is 3.24. The molecule has 2 amide bonds. The molecule has 0 saturated carbocycles. The molecule has 6 nitrogen and oxygen atoms in total. The highest BCUT2D eigenvalue weighted by molar-refractivity contribution is 7.80. The first-order chi connectivity index (χ1) is 14.5. The lowest BCUT2D eigenvalue weighted by molar-refractivity contribution is -0.123. The van der Waals surface area contributed by atoms with Gasteiger partial charge in [0, 0.05) is 0 Å².